The van der Waals surface area contributed by atoms with E-state index in [1.54, 1.807) is 31.2 Å². The molecule has 31 heavy (non-hydrogen) atoms. The smallest absolute Gasteiger partial charge is 0.241 e. The predicted octanol–water partition coefficient (Wildman–Crippen LogP) is 3.04. The second kappa shape index (κ2) is 9.91. The molecule has 0 spiro atoms. The molecule has 1 heterocycles. The Morgan fingerprint density at radius 3 is 2.52 bits per heavy atom. The van der Waals surface area contributed by atoms with Gasteiger partial charge in [-0.3, -0.25) is 9.52 Å². The highest BCUT2D eigenvalue weighted by molar-refractivity contribution is 7.93. The first kappa shape index (κ1) is 22.7. The molecule has 0 radical (unpaired) electrons. The molecule has 0 bridgehead atoms. The summed E-state index contributed by atoms with van der Waals surface area (Å²) in [6.07, 6.45) is 0.0207. The first-order valence-electron chi connectivity index (χ1n) is 10.2. The van der Waals surface area contributed by atoms with Gasteiger partial charge in [0.05, 0.1) is 6.10 Å². The van der Waals surface area contributed by atoms with Crippen LogP contribution >= 0.6 is 0 Å². The third-order valence-corrected chi connectivity index (χ3v) is 5.73. The Bertz CT molecular complexity index is 1010. The van der Waals surface area contributed by atoms with Crippen LogP contribution in [0.15, 0.2) is 42.5 Å². The molecule has 168 valence electrons. The molecule has 0 aliphatic carbocycles. The zero-order valence-electron chi connectivity index (χ0n) is 18.0. The van der Waals surface area contributed by atoms with Gasteiger partial charge in [-0.1, -0.05) is 12.1 Å². The first-order valence-corrected chi connectivity index (χ1v) is 11.8. The third kappa shape index (κ3) is 6.27. The fourth-order valence-corrected chi connectivity index (χ4v) is 4.26. The Hall–Kier alpha value is -2.94. The number of nitrogens with one attached hydrogen (secondary N) is 1. The summed E-state index contributed by atoms with van der Waals surface area (Å²) in [7, 11) is -3.87. The topological polar surface area (TPSA) is 94.2 Å². The second-order valence-electron chi connectivity index (χ2n) is 7.40. The van der Waals surface area contributed by atoms with Crippen LogP contribution in [-0.2, 0) is 21.4 Å². The van der Waals surface area contributed by atoms with Gasteiger partial charge < -0.3 is 19.1 Å². The van der Waals surface area contributed by atoms with Crippen LogP contribution in [0.3, 0.4) is 0 Å². The van der Waals surface area contributed by atoms with E-state index in [4.69, 9.17) is 14.2 Å². The molecular weight excluding hydrogens is 420 g/mol. The van der Waals surface area contributed by atoms with E-state index in [0.29, 0.717) is 42.7 Å². The van der Waals surface area contributed by atoms with Crippen molar-refractivity contribution in [1.82, 2.24) is 4.90 Å². The van der Waals surface area contributed by atoms with Crippen molar-refractivity contribution in [2.45, 2.75) is 33.4 Å². The number of amides is 1. The Morgan fingerprint density at radius 2 is 1.84 bits per heavy atom. The summed E-state index contributed by atoms with van der Waals surface area (Å²) in [5.41, 5.74) is 1.15. The fraction of sp³-hybridized carbons (Fsp3) is 0.409. The summed E-state index contributed by atoms with van der Waals surface area (Å²) in [6.45, 7) is 7.12. The van der Waals surface area contributed by atoms with Crippen LogP contribution in [0, 0.1) is 0 Å². The average molecular weight is 449 g/mol. The highest BCUT2D eigenvalue weighted by atomic mass is 32.2. The summed E-state index contributed by atoms with van der Waals surface area (Å²) in [5.74, 6) is 0.723. The average Bonchev–Trinajstić information content (AvgIpc) is 2.72. The molecule has 1 N–H and O–H groups in total. The number of nitrogens with zero attached hydrogens (tertiary/aromatic N) is 1. The number of hydrogen-bond donors (Lipinski definition) is 1. The van der Waals surface area contributed by atoms with E-state index in [9.17, 15) is 13.2 Å². The molecule has 0 fully saturated rings. The first-order chi connectivity index (χ1) is 14.8. The van der Waals surface area contributed by atoms with Crippen LogP contribution in [0.25, 0.3) is 0 Å². The fourth-order valence-electron chi connectivity index (χ4n) is 3.18. The maximum atomic E-state index is 12.7. The van der Waals surface area contributed by atoms with Crippen molar-refractivity contribution in [2.24, 2.45) is 0 Å². The van der Waals surface area contributed by atoms with E-state index in [-0.39, 0.29) is 12.6 Å². The van der Waals surface area contributed by atoms with Crippen molar-refractivity contribution in [3.63, 3.8) is 0 Å². The van der Waals surface area contributed by atoms with Gasteiger partial charge in [-0.05, 0) is 51.1 Å². The number of benzene rings is 2. The number of anilines is 1. The summed E-state index contributed by atoms with van der Waals surface area (Å²) in [4.78, 5) is 14.2. The van der Waals surface area contributed by atoms with Gasteiger partial charge in [0.1, 0.15) is 24.7 Å². The Morgan fingerprint density at radius 1 is 1.13 bits per heavy atom. The zero-order valence-corrected chi connectivity index (χ0v) is 18.8. The summed E-state index contributed by atoms with van der Waals surface area (Å²) >= 11 is 0. The monoisotopic (exact) mass is 448 g/mol. The van der Waals surface area contributed by atoms with Crippen molar-refractivity contribution >= 4 is 21.6 Å². The minimum absolute atomic E-state index is 0.0207. The van der Waals surface area contributed by atoms with Crippen molar-refractivity contribution < 1.29 is 27.4 Å². The zero-order chi connectivity index (χ0) is 22.4. The maximum absolute atomic E-state index is 12.7. The molecule has 8 nitrogen and oxygen atoms in total. The molecule has 2 aromatic rings. The Kier molecular flexibility index (Phi) is 7.27. The lowest BCUT2D eigenvalue weighted by molar-refractivity contribution is -0.128. The van der Waals surface area contributed by atoms with Crippen molar-refractivity contribution in [1.29, 1.82) is 0 Å². The number of hydrogen-bond acceptors (Lipinski definition) is 6. The predicted molar refractivity (Wildman–Crippen MR) is 118 cm³/mol. The van der Waals surface area contributed by atoms with Crippen LogP contribution < -0.4 is 18.9 Å². The molecular formula is C22H28N2O6S. The molecule has 1 aliphatic heterocycles. The molecule has 0 aromatic heterocycles. The molecule has 0 saturated heterocycles. The quantitative estimate of drug-likeness (QED) is 0.634. The van der Waals surface area contributed by atoms with Crippen molar-refractivity contribution in [3.05, 3.63) is 48.0 Å². The molecule has 1 aliphatic rings. The highest BCUT2D eigenvalue weighted by Gasteiger charge is 2.24. The number of sulfonamides is 1. The normalized spacial score (nSPS) is 13.0. The summed E-state index contributed by atoms with van der Waals surface area (Å²) in [6, 6.07) is 12.0. The van der Waals surface area contributed by atoms with Crippen LogP contribution in [-0.4, -0.2) is 50.8 Å². The SMILES string of the molecule is CCN(Cc1cccc2c1OCCO2)C(=O)CS(=O)(=O)Nc1ccc(OC(C)C)cc1. The Labute approximate surface area is 183 Å². The van der Waals surface area contributed by atoms with Crippen LogP contribution in [0.1, 0.15) is 26.3 Å². The van der Waals surface area contributed by atoms with Crippen LogP contribution in [0.2, 0.25) is 0 Å². The van der Waals surface area contributed by atoms with E-state index < -0.39 is 21.7 Å². The number of carbonyl (C=O) groups is 1. The van der Waals surface area contributed by atoms with Gasteiger partial charge in [0.2, 0.25) is 15.9 Å². The highest BCUT2D eigenvalue weighted by Crippen LogP contribution is 2.34. The van der Waals surface area contributed by atoms with Gasteiger partial charge in [-0.25, -0.2) is 8.42 Å². The van der Waals surface area contributed by atoms with Crippen molar-refractivity contribution in [2.75, 3.05) is 30.2 Å². The van der Waals surface area contributed by atoms with E-state index in [0.717, 1.165) is 5.56 Å². The summed E-state index contributed by atoms with van der Waals surface area (Å²) < 4.78 is 44.3. The molecule has 1 amide bonds. The van der Waals surface area contributed by atoms with Gasteiger partial charge >= 0.3 is 0 Å². The number of para-hydroxylation sites is 1. The number of fused-ring (bicyclic) bond motifs is 1. The van der Waals surface area contributed by atoms with Gasteiger partial charge in [-0.2, -0.15) is 0 Å². The number of rotatable bonds is 9. The molecule has 0 saturated carbocycles. The lowest BCUT2D eigenvalue weighted by Crippen LogP contribution is -2.37. The molecule has 0 atom stereocenters. The molecule has 2 aromatic carbocycles. The Balaban J connectivity index is 1.64. The van der Waals surface area contributed by atoms with E-state index >= 15 is 0 Å². The molecule has 3 rings (SSSR count). The van der Waals surface area contributed by atoms with E-state index in [1.165, 1.54) is 4.90 Å². The van der Waals surface area contributed by atoms with Gasteiger partial charge in [-0.15, -0.1) is 0 Å². The van der Waals surface area contributed by atoms with Gasteiger partial charge in [0.25, 0.3) is 0 Å². The maximum Gasteiger partial charge on any atom is 0.241 e. The third-order valence-electron chi connectivity index (χ3n) is 4.56. The van der Waals surface area contributed by atoms with E-state index in [1.807, 2.05) is 32.0 Å². The van der Waals surface area contributed by atoms with Crippen LogP contribution in [0.5, 0.6) is 17.2 Å². The van der Waals surface area contributed by atoms with Crippen molar-refractivity contribution in [3.8, 4) is 17.2 Å². The largest absolute Gasteiger partial charge is 0.491 e. The number of ether oxygens (including phenoxy) is 3. The van der Waals surface area contributed by atoms with E-state index in [2.05, 4.69) is 4.72 Å². The van der Waals surface area contributed by atoms with Gasteiger partial charge in [0, 0.05) is 24.3 Å². The minimum Gasteiger partial charge on any atom is -0.491 e. The van der Waals surface area contributed by atoms with Crippen LogP contribution in [0.4, 0.5) is 5.69 Å². The molecule has 0 unspecified atom stereocenters. The lowest BCUT2D eigenvalue weighted by Gasteiger charge is -2.25. The number of carbonyl (C=O) groups excluding carboxylic acids is 1. The van der Waals surface area contributed by atoms with Gasteiger partial charge in [0.15, 0.2) is 11.5 Å². The minimum atomic E-state index is -3.87. The molecule has 9 heteroatoms. The second-order valence-corrected chi connectivity index (χ2v) is 9.12. The standard InChI is InChI=1S/C22H28N2O6S/c1-4-24(14-17-6-5-7-20-22(17)29-13-12-28-20)21(25)15-31(26,27)23-18-8-10-19(11-9-18)30-16(2)3/h5-11,16,23H,4,12-15H2,1-3H3. The summed E-state index contributed by atoms with van der Waals surface area (Å²) in [5, 5.41) is 0. The lowest BCUT2D eigenvalue weighted by atomic mass is 10.1.